The van der Waals surface area contributed by atoms with E-state index in [4.69, 9.17) is 4.74 Å². The second kappa shape index (κ2) is 4.67. The number of hydrogen-bond donors (Lipinski definition) is 2. The molecule has 2 bridgehead atoms. The molecule has 0 aliphatic carbocycles. The molecule has 0 saturated carbocycles. The van der Waals surface area contributed by atoms with Crippen LogP contribution in [0.15, 0.2) is 0 Å². The van der Waals surface area contributed by atoms with Crippen LogP contribution in [0.5, 0.6) is 0 Å². The number of likely N-dealkylation sites (tertiary alicyclic amines) is 1. The summed E-state index contributed by atoms with van der Waals surface area (Å²) in [6.45, 7) is 2.40. The number of carboxylic acid groups (broad SMARTS) is 1. The van der Waals surface area contributed by atoms with Crippen molar-refractivity contribution in [3.63, 3.8) is 0 Å². The molecule has 5 atom stereocenters. The van der Waals surface area contributed by atoms with Crippen LogP contribution in [0.3, 0.4) is 0 Å². The number of amides is 2. The van der Waals surface area contributed by atoms with Crippen molar-refractivity contribution < 1.29 is 19.4 Å². The lowest BCUT2D eigenvalue weighted by molar-refractivity contribution is -0.142. The number of carboxylic acids is 1. The average Bonchev–Trinajstić information content (AvgIpc) is 3.02. The molecule has 3 aliphatic heterocycles. The van der Waals surface area contributed by atoms with Crippen molar-refractivity contribution >= 4 is 12.0 Å². The van der Waals surface area contributed by atoms with Crippen molar-refractivity contribution in [2.45, 2.75) is 56.9 Å². The first kappa shape index (κ1) is 12.7. The molecule has 3 saturated heterocycles. The zero-order valence-electron chi connectivity index (χ0n) is 11.0. The summed E-state index contributed by atoms with van der Waals surface area (Å²) in [5.41, 5.74) is 0. The van der Waals surface area contributed by atoms with E-state index in [1.165, 1.54) is 4.90 Å². The maximum absolute atomic E-state index is 12.2. The van der Waals surface area contributed by atoms with Gasteiger partial charge < -0.3 is 20.1 Å². The Morgan fingerprint density at radius 1 is 1.32 bits per heavy atom. The third-order valence-corrected chi connectivity index (χ3v) is 4.63. The first-order chi connectivity index (χ1) is 9.06. The molecular weight excluding hydrogens is 248 g/mol. The highest BCUT2D eigenvalue weighted by atomic mass is 16.5. The summed E-state index contributed by atoms with van der Waals surface area (Å²) < 4.78 is 5.69. The van der Waals surface area contributed by atoms with Crippen molar-refractivity contribution in [3.8, 4) is 0 Å². The first-order valence-electron chi connectivity index (χ1n) is 7.01. The summed E-state index contributed by atoms with van der Waals surface area (Å²) in [6.07, 6.45) is 4.08. The minimum atomic E-state index is -0.913. The predicted molar refractivity (Wildman–Crippen MR) is 66.7 cm³/mol. The molecule has 3 aliphatic rings. The standard InChI is InChI=1S/C13H20N2O4/c1-7-4-5-15(11(7)12(16)17)13(18)14-9-6-8-2-3-10(9)19-8/h7-11H,2-6H2,1H3,(H,14,18)(H,16,17). The molecule has 0 radical (unpaired) electrons. The number of urea groups is 1. The van der Waals surface area contributed by atoms with Gasteiger partial charge in [-0.1, -0.05) is 6.92 Å². The van der Waals surface area contributed by atoms with E-state index in [2.05, 4.69) is 5.32 Å². The number of nitrogens with one attached hydrogen (secondary N) is 1. The van der Waals surface area contributed by atoms with Gasteiger partial charge in [0.05, 0.1) is 18.2 Å². The Morgan fingerprint density at radius 3 is 2.68 bits per heavy atom. The first-order valence-corrected chi connectivity index (χ1v) is 7.01. The SMILES string of the molecule is CC1CCN(C(=O)NC2CC3CCC2O3)C1C(=O)O. The Labute approximate surface area is 112 Å². The fourth-order valence-corrected chi connectivity index (χ4v) is 3.58. The molecule has 6 heteroatoms. The third-order valence-electron chi connectivity index (χ3n) is 4.63. The average molecular weight is 268 g/mol. The molecule has 5 unspecified atom stereocenters. The molecule has 3 rings (SSSR count). The highest BCUT2D eigenvalue weighted by Gasteiger charge is 2.44. The van der Waals surface area contributed by atoms with E-state index < -0.39 is 12.0 Å². The van der Waals surface area contributed by atoms with Gasteiger partial charge in [0.1, 0.15) is 6.04 Å². The number of fused-ring (bicyclic) bond motifs is 2. The van der Waals surface area contributed by atoms with Gasteiger partial charge in [0.2, 0.25) is 0 Å². The van der Waals surface area contributed by atoms with Gasteiger partial charge in [-0.2, -0.15) is 0 Å². The number of ether oxygens (including phenoxy) is 1. The van der Waals surface area contributed by atoms with E-state index in [-0.39, 0.29) is 30.2 Å². The lowest BCUT2D eigenvalue weighted by Gasteiger charge is -2.27. The summed E-state index contributed by atoms with van der Waals surface area (Å²) in [6, 6.07) is -0.894. The molecule has 0 spiro atoms. The van der Waals surface area contributed by atoms with Crippen LogP contribution in [0.25, 0.3) is 0 Å². The smallest absolute Gasteiger partial charge is 0.326 e. The molecule has 0 aromatic carbocycles. The molecule has 106 valence electrons. The van der Waals surface area contributed by atoms with Gasteiger partial charge in [-0.05, 0) is 31.6 Å². The Bertz CT molecular complexity index is 400. The van der Waals surface area contributed by atoms with E-state index in [1.54, 1.807) is 0 Å². The van der Waals surface area contributed by atoms with Gasteiger partial charge in [0.25, 0.3) is 0 Å². The molecule has 3 fully saturated rings. The summed E-state index contributed by atoms with van der Waals surface area (Å²) in [4.78, 5) is 24.9. The summed E-state index contributed by atoms with van der Waals surface area (Å²) in [5.74, 6) is -0.899. The molecular formula is C13H20N2O4. The minimum Gasteiger partial charge on any atom is -0.480 e. The van der Waals surface area contributed by atoms with Crippen LogP contribution in [0.4, 0.5) is 4.79 Å². The maximum Gasteiger partial charge on any atom is 0.326 e. The maximum atomic E-state index is 12.2. The summed E-state index contributed by atoms with van der Waals surface area (Å²) in [7, 11) is 0. The van der Waals surface area contributed by atoms with Crippen LogP contribution >= 0.6 is 0 Å². The Morgan fingerprint density at radius 2 is 2.11 bits per heavy atom. The van der Waals surface area contributed by atoms with Crippen molar-refractivity contribution in [2.24, 2.45) is 5.92 Å². The highest BCUT2D eigenvalue weighted by molar-refractivity contribution is 5.83. The topological polar surface area (TPSA) is 78.9 Å². The zero-order valence-corrected chi connectivity index (χ0v) is 11.0. The normalized spacial score (nSPS) is 40.7. The van der Waals surface area contributed by atoms with Crippen LogP contribution in [-0.2, 0) is 9.53 Å². The molecule has 2 amide bonds. The Hall–Kier alpha value is -1.30. The van der Waals surface area contributed by atoms with Crippen LogP contribution in [0.1, 0.15) is 32.6 Å². The summed E-state index contributed by atoms with van der Waals surface area (Å²) >= 11 is 0. The largest absolute Gasteiger partial charge is 0.480 e. The van der Waals surface area contributed by atoms with Crippen LogP contribution in [0.2, 0.25) is 0 Å². The van der Waals surface area contributed by atoms with Gasteiger partial charge in [-0.3, -0.25) is 0 Å². The third kappa shape index (κ3) is 2.18. The van der Waals surface area contributed by atoms with Crippen molar-refractivity contribution in [1.29, 1.82) is 0 Å². The van der Waals surface area contributed by atoms with E-state index in [0.29, 0.717) is 6.54 Å². The number of aliphatic carboxylic acids is 1. The lowest BCUT2D eigenvalue weighted by Crippen LogP contribution is -2.52. The van der Waals surface area contributed by atoms with Crippen molar-refractivity contribution in [1.82, 2.24) is 10.2 Å². The Balaban J connectivity index is 1.62. The molecule has 2 N–H and O–H groups in total. The minimum absolute atomic E-state index is 0.0135. The van der Waals surface area contributed by atoms with E-state index in [9.17, 15) is 14.7 Å². The molecule has 6 nitrogen and oxygen atoms in total. The van der Waals surface area contributed by atoms with Gasteiger partial charge in [-0.15, -0.1) is 0 Å². The van der Waals surface area contributed by atoms with Crippen LogP contribution < -0.4 is 5.32 Å². The Kier molecular flexibility index (Phi) is 3.12. The number of carbonyl (C=O) groups excluding carboxylic acids is 1. The second-order valence-electron chi connectivity index (χ2n) is 5.91. The molecule has 0 aromatic heterocycles. The van der Waals surface area contributed by atoms with E-state index in [0.717, 1.165) is 25.7 Å². The fourth-order valence-electron chi connectivity index (χ4n) is 3.58. The molecule has 0 aromatic rings. The quantitative estimate of drug-likeness (QED) is 0.777. The van der Waals surface area contributed by atoms with Crippen LogP contribution in [0, 0.1) is 5.92 Å². The second-order valence-corrected chi connectivity index (χ2v) is 5.91. The zero-order chi connectivity index (χ0) is 13.6. The number of nitrogens with zero attached hydrogens (tertiary/aromatic N) is 1. The van der Waals surface area contributed by atoms with Gasteiger partial charge >= 0.3 is 12.0 Å². The number of rotatable bonds is 2. The van der Waals surface area contributed by atoms with E-state index >= 15 is 0 Å². The predicted octanol–water partition coefficient (Wildman–Crippen LogP) is 0.811. The van der Waals surface area contributed by atoms with Gasteiger partial charge in [-0.25, -0.2) is 9.59 Å². The molecule has 3 heterocycles. The highest BCUT2D eigenvalue weighted by Crippen LogP contribution is 2.34. The fraction of sp³-hybridized carbons (Fsp3) is 0.846. The van der Waals surface area contributed by atoms with Gasteiger partial charge in [0, 0.05) is 6.54 Å². The molecule has 19 heavy (non-hydrogen) atoms. The number of carbonyl (C=O) groups is 2. The lowest BCUT2D eigenvalue weighted by atomic mass is 9.96. The number of hydrogen-bond acceptors (Lipinski definition) is 3. The summed E-state index contributed by atoms with van der Waals surface area (Å²) in [5, 5.41) is 12.2. The van der Waals surface area contributed by atoms with Gasteiger partial charge in [0.15, 0.2) is 0 Å². The van der Waals surface area contributed by atoms with Crippen molar-refractivity contribution in [3.05, 3.63) is 0 Å². The van der Waals surface area contributed by atoms with Crippen LogP contribution in [-0.4, -0.2) is 52.8 Å². The van der Waals surface area contributed by atoms with Crippen molar-refractivity contribution in [2.75, 3.05) is 6.54 Å². The van der Waals surface area contributed by atoms with E-state index in [1.807, 2.05) is 6.92 Å². The monoisotopic (exact) mass is 268 g/mol.